The average Bonchev–Trinajstić information content (AvgIpc) is 2.26. The monoisotopic (exact) mass is 238 g/mol. The van der Waals surface area contributed by atoms with Gasteiger partial charge in [-0.1, -0.05) is 0 Å². The molecule has 0 unspecified atom stereocenters. The van der Waals surface area contributed by atoms with Crippen LogP contribution in [0.3, 0.4) is 0 Å². The number of methoxy groups -OCH3 is 1. The van der Waals surface area contributed by atoms with Crippen molar-refractivity contribution < 1.29 is 14.3 Å². The van der Waals surface area contributed by atoms with E-state index in [1.54, 1.807) is 18.2 Å². The van der Waals surface area contributed by atoms with Crippen molar-refractivity contribution in [3.8, 4) is 5.75 Å². The highest BCUT2D eigenvalue weighted by Crippen LogP contribution is 2.22. The Morgan fingerprint density at radius 2 is 1.94 bits per heavy atom. The molecule has 1 rings (SSSR count). The van der Waals surface area contributed by atoms with Crippen molar-refractivity contribution in [3.63, 3.8) is 0 Å². The van der Waals surface area contributed by atoms with Crippen molar-refractivity contribution in [3.05, 3.63) is 23.8 Å². The third-order valence-corrected chi connectivity index (χ3v) is 1.94. The Hall–Kier alpha value is -1.75. The second kappa shape index (κ2) is 5.05. The molecule has 0 spiro atoms. The lowest BCUT2D eigenvalue weighted by atomic mass is 10.1. The van der Waals surface area contributed by atoms with Crippen LogP contribution in [0.25, 0.3) is 0 Å². The molecule has 94 valence electrons. The molecule has 1 aromatic carbocycles. The van der Waals surface area contributed by atoms with Gasteiger partial charge >= 0.3 is 5.97 Å². The van der Waals surface area contributed by atoms with Gasteiger partial charge in [-0.15, -0.1) is 0 Å². The molecule has 0 bridgehead atoms. The minimum Gasteiger partial charge on any atom is -0.497 e. The number of carbonyl (C=O) groups excluding carboxylic acids is 1. The van der Waals surface area contributed by atoms with E-state index in [4.69, 9.17) is 15.3 Å². The topological polar surface area (TPSA) is 73.6 Å². The molecule has 0 radical (unpaired) electrons. The number of anilines is 1. The molecule has 0 atom stereocenters. The van der Waals surface area contributed by atoms with Gasteiger partial charge in [0.2, 0.25) is 0 Å². The summed E-state index contributed by atoms with van der Waals surface area (Å²) in [6, 6.07) is 4.90. The number of nitrogens with two attached hydrogens (primary N) is 1. The van der Waals surface area contributed by atoms with Crippen molar-refractivity contribution in [2.75, 3.05) is 12.5 Å². The van der Waals surface area contributed by atoms with E-state index in [9.17, 15) is 4.79 Å². The number of hydrazine groups is 1. The highest BCUT2D eigenvalue weighted by Gasteiger charge is 2.18. The molecule has 17 heavy (non-hydrogen) atoms. The summed E-state index contributed by atoms with van der Waals surface area (Å²) in [5, 5.41) is 0. The summed E-state index contributed by atoms with van der Waals surface area (Å²) >= 11 is 0. The van der Waals surface area contributed by atoms with E-state index in [0.29, 0.717) is 17.0 Å². The first-order valence-electron chi connectivity index (χ1n) is 5.25. The Morgan fingerprint density at radius 3 is 2.41 bits per heavy atom. The fourth-order valence-electron chi connectivity index (χ4n) is 1.26. The van der Waals surface area contributed by atoms with E-state index < -0.39 is 11.6 Å². The van der Waals surface area contributed by atoms with Crippen molar-refractivity contribution >= 4 is 11.7 Å². The van der Waals surface area contributed by atoms with Gasteiger partial charge in [0.15, 0.2) is 0 Å². The molecule has 0 saturated heterocycles. The second-order valence-corrected chi connectivity index (χ2v) is 4.60. The lowest BCUT2D eigenvalue weighted by Crippen LogP contribution is -2.24. The third kappa shape index (κ3) is 3.96. The number of ether oxygens (including phenoxy) is 2. The van der Waals surface area contributed by atoms with Crippen LogP contribution in [0.15, 0.2) is 18.2 Å². The van der Waals surface area contributed by atoms with Crippen LogP contribution < -0.4 is 16.0 Å². The molecule has 5 heteroatoms. The molecule has 0 saturated carbocycles. The summed E-state index contributed by atoms with van der Waals surface area (Å²) in [7, 11) is 1.52. The zero-order valence-corrected chi connectivity index (χ0v) is 10.5. The zero-order valence-electron chi connectivity index (χ0n) is 10.5. The van der Waals surface area contributed by atoms with Gasteiger partial charge in [0.25, 0.3) is 0 Å². The number of benzene rings is 1. The Bertz CT molecular complexity index is 388. The Kier molecular flexibility index (Phi) is 3.96. The van der Waals surface area contributed by atoms with Crippen LogP contribution in [0.5, 0.6) is 5.75 Å². The van der Waals surface area contributed by atoms with Gasteiger partial charge < -0.3 is 14.9 Å². The minimum atomic E-state index is -0.531. The number of rotatable bonds is 3. The lowest BCUT2D eigenvalue weighted by molar-refractivity contribution is 0.00692. The van der Waals surface area contributed by atoms with Crippen LogP contribution in [0.2, 0.25) is 0 Å². The summed E-state index contributed by atoms with van der Waals surface area (Å²) in [4.78, 5) is 11.9. The highest BCUT2D eigenvalue weighted by atomic mass is 16.6. The fraction of sp³-hybridized carbons (Fsp3) is 0.417. The first-order valence-corrected chi connectivity index (χ1v) is 5.25. The van der Waals surface area contributed by atoms with E-state index in [-0.39, 0.29) is 0 Å². The third-order valence-electron chi connectivity index (χ3n) is 1.94. The van der Waals surface area contributed by atoms with Crippen molar-refractivity contribution in [1.29, 1.82) is 0 Å². The van der Waals surface area contributed by atoms with Gasteiger partial charge in [-0.3, -0.25) is 5.84 Å². The number of nitrogen functional groups attached to an aromatic ring is 1. The summed E-state index contributed by atoms with van der Waals surface area (Å²) in [6.07, 6.45) is 0. The smallest absolute Gasteiger partial charge is 0.338 e. The van der Waals surface area contributed by atoms with Crippen LogP contribution in [0.4, 0.5) is 5.69 Å². The minimum absolute atomic E-state index is 0.396. The van der Waals surface area contributed by atoms with Gasteiger partial charge in [0, 0.05) is 6.07 Å². The molecule has 0 fully saturated rings. The molecule has 0 aliphatic carbocycles. The number of esters is 1. The first kappa shape index (κ1) is 13.3. The largest absolute Gasteiger partial charge is 0.497 e. The van der Waals surface area contributed by atoms with Gasteiger partial charge in [-0.25, -0.2) is 4.79 Å². The van der Waals surface area contributed by atoms with E-state index in [1.807, 2.05) is 20.8 Å². The normalized spacial score (nSPS) is 10.9. The molecule has 0 aliphatic heterocycles. The predicted octanol–water partition coefficient (Wildman–Crippen LogP) is 1.94. The lowest BCUT2D eigenvalue weighted by Gasteiger charge is -2.19. The number of hydrogen-bond donors (Lipinski definition) is 2. The Morgan fingerprint density at radius 1 is 1.29 bits per heavy atom. The van der Waals surface area contributed by atoms with Crippen LogP contribution >= 0.6 is 0 Å². The Labute approximate surface area is 101 Å². The van der Waals surface area contributed by atoms with E-state index in [2.05, 4.69) is 5.43 Å². The molecule has 5 nitrogen and oxygen atoms in total. The summed E-state index contributed by atoms with van der Waals surface area (Å²) in [5.41, 5.74) is 2.92. The van der Waals surface area contributed by atoms with Crippen molar-refractivity contribution in [1.82, 2.24) is 0 Å². The first-order chi connectivity index (χ1) is 7.85. The van der Waals surface area contributed by atoms with Crippen LogP contribution in [0, 0.1) is 0 Å². The van der Waals surface area contributed by atoms with Crippen LogP contribution in [-0.2, 0) is 4.74 Å². The summed E-state index contributed by atoms with van der Waals surface area (Å²) in [5.74, 6) is 5.45. The van der Waals surface area contributed by atoms with Crippen LogP contribution in [-0.4, -0.2) is 18.7 Å². The van der Waals surface area contributed by atoms with E-state index in [1.165, 1.54) is 7.11 Å². The molecule has 3 N–H and O–H groups in total. The van der Waals surface area contributed by atoms with Gasteiger partial charge in [0.05, 0.1) is 18.4 Å². The molecule has 0 aromatic heterocycles. The quantitative estimate of drug-likeness (QED) is 0.478. The molecule has 0 heterocycles. The van der Waals surface area contributed by atoms with Crippen molar-refractivity contribution in [2.24, 2.45) is 5.84 Å². The van der Waals surface area contributed by atoms with Gasteiger partial charge in [0.1, 0.15) is 11.4 Å². The van der Waals surface area contributed by atoms with E-state index >= 15 is 0 Å². The molecule has 1 aromatic rings. The second-order valence-electron chi connectivity index (χ2n) is 4.60. The molecular formula is C12H18N2O3. The maximum absolute atomic E-state index is 11.9. The van der Waals surface area contributed by atoms with Gasteiger partial charge in [-0.2, -0.15) is 0 Å². The number of carbonyl (C=O) groups is 1. The summed E-state index contributed by atoms with van der Waals surface area (Å²) in [6.45, 7) is 5.44. The molecule has 0 amide bonds. The van der Waals surface area contributed by atoms with Crippen LogP contribution in [0.1, 0.15) is 31.1 Å². The predicted molar refractivity (Wildman–Crippen MR) is 66.0 cm³/mol. The average molecular weight is 238 g/mol. The standard InChI is InChI=1S/C12H18N2O3/c1-12(2,3)17-11(15)8-5-9(14-13)7-10(6-8)16-4/h5-7,14H,13H2,1-4H3. The highest BCUT2D eigenvalue weighted by molar-refractivity contribution is 5.91. The molecule has 0 aliphatic rings. The van der Waals surface area contributed by atoms with Gasteiger partial charge in [-0.05, 0) is 32.9 Å². The maximum atomic E-state index is 11.9. The fourth-order valence-corrected chi connectivity index (χ4v) is 1.26. The summed E-state index contributed by atoms with van der Waals surface area (Å²) < 4.78 is 10.3. The number of hydrogen-bond acceptors (Lipinski definition) is 5. The van der Waals surface area contributed by atoms with E-state index in [0.717, 1.165) is 0 Å². The number of nitrogens with one attached hydrogen (secondary N) is 1. The SMILES string of the molecule is COc1cc(NN)cc(C(=O)OC(C)(C)C)c1. The molecular weight excluding hydrogens is 220 g/mol. The van der Waals surface area contributed by atoms with Crippen molar-refractivity contribution in [2.45, 2.75) is 26.4 Å². The Balaban J connectivity index is 3.00. The zero-order chi connectivity index (χ0) is 13.1. The maximum Gasteiger partial charge on any atom is 0.338 e.